The maximum atomic E-state index is 12.8. The molecule has 9 heteroatoms. The summed E-state index contributed by atoms with van der Waals surface area (Å²) in [4.78, 5) is 13.5. The molecule has 0 bridgehead atoms. The van der Waals surface area contributed by atoms with Gasteiger partial charge in [0.15, 0.2) is 5.76 Å². The van der Waals surface area contributed by atoms with Gasteiger partial charge in [-0.25, -0.2) is 4.79 Å². The van der Waals surface area contributed by atoms with E-state index in [1.54, 1.807) is 18.2 Å². The van der Waals surface area contributed by atoms with Crippen LogP contribution in [0.2, 0.25) is 0 Å². The molecule has 0 amide bonds. The van der Waals surface area contributed by atoms with Gasteiger partial charge in [-0.3, -0.25) is 4.98 Å². The van der Waals surface area contributed by atoms with Gasteiger partial charge < -0.3 is 19.0 Å². The van der Waals surface area contributed by atoms with Crippen molar-refractivity contribution in [2.45, 2.75) is 25.4 Å². The number of hydrogen-bond acceptors (Lipinski definition) is 5. The predicted molar refractivity (Wildman–Crippen MR) is 95.6 cm³/mol. The van der Waals surface area contributed by atoms with E-state index in [0.29, 0.717) is 41.4 Å². The average Bonchev–Trinajstić information content (AvgIpc) is 3.00. The zero-order valence-electron chi connectivity index (χ0n) is 15.2. The van der Waals surface area contributed by atoms with Crippen LogP contribution < -0.4 is 15.2 Å². The lowest BCUT2D eigenvalue weighted by atomic mass is 9.91. The minimum absolute atomic E-state index is 0.131. The Bertz CT molecular complexity index is 1120. The Morgan fingerprint density at radius 3 is 2.66 bits per heavy atom. The zero-order valence-corrected chi connectivity index (χ0v) is 15.2. The van der Waals surface area contributed by atoms with Crippen molar-refractivity contribution in [3.63, 3.8) is 0 Å². The number of aromatic nitrogens is 1. The van der Waals surface area contributed by atoms with Gasteiger partial charge in [-0.05, 0) is 43.2 Å². The van der Waals surface area contributed by atoms with Crippen LogP contribution in [0.25, 0.3) is 0 Å². The third-order valence-electron chi connectivity index (χ3n) is 4.73. The van der Waals surface area contributed by atoms with Crippen LogP contribution in [-0.4, -0.2) is 16.7 Å². The van der Waals surface area contributed by atoms with E-state index in [4.69, 9.17) is 13.9 Å². The SMILES string of the molecule is Cc1cc(C(F)(F)F)ccc1Oc1ccc2c(c1)OCC[C@H]2c1oc(=O)[nH]c1O. The maximum Gasteiger partial charge on any atom is 0.419 e. The second-order valence-electron chi connectivity index (χ2n) is 6.70. The molecule has 0 unspecified atom stereocenters. The number of nitrogens with one attached hydrogen (secondary N) is 1. The van der Waals surface area contributed by atoms with Gasteiger partial charge in [-0.1, -0.05) is 6.07 Å². The van der Waals surface area contributed by atoms with Crippen molar-refractivity contribution in [3.05, 3.63) is 69.4 Å². The van der Waals surface area contributed by atoms with Crippen LogP contribution in [0, 0.1) is 6.92 Å². The van der Waals surface area contributed by atoms with Crippen molar-refractivity contribution in [2.75, 3.05) is 6.61 Å². The Morgan fingerprint density at radius 2 is 2.00 bits per heavy atom. The quantitative estimate of drug-likeness (QED) is 0.657. The highest BCUT2D eigenvalue weighted by molar-refractivity contribution is 5.49. The lowest BCUT2D eigenvalue weighted by Crippen LogP contribution is -2.15. The zero-order chi connectivity index (χ0) is 20.8. The third kappa shape index (κ3) is 3.67. The van der Waals surface area contributed by atoms with Crippen LogP contribution >= 0.6 is 0 Å². The number of aromatic hydroxyl groups is 1. The molecular weight excluding hydrogens is 391 g/mol. The lowest BCUT2D eigenvalue weighted by molar-refractivity contribution is -0.137. The van der Waals surface area contributed by atoms with Crippen LogP contribution in [0.1, 0.15) is 34.8 Å². The number of aryl methyl sites for hydroxylation is 1. The smallest absolute Gasteiger partial charge is 0.419 e. The number of rotatable bonds is 3. The van der Waals surface area contributed by atoms with Gasteiger partial charge in [0, 0.05) is 11.6 Å². The van der Waals surface area contributed by atoms with Gasteiger partial charge in [0.2, 0.25) is 5.88 Å². The van der Waals surface area contributed by atoms with E-state index in [2.05, 4.69) is 4.98 Å². The Hall–Kier alpha value is -3.36. The molecule has 0 fully saturated rings. The van der Waals surface area contributed by atoms with Crippen LogP contribution in [0.4, 0.5) is 13.2 Å². The summed E-state index contributed by atoms with van der Waals surface area (Å²) < 4.78 is 54.9. The van der Waals surface area contributed by atoms with Crippen LogP contribution in [-0.2, 0) is 6.18 Å². The van der Waals surface area contributed by atoms with Crippen molar-refractivity contribution in [1.29, 1.82) is 0 Å². The average molecular weight is 407 g/mol. The Balaban J connectivity index is 1.62. The maximum absolute atomic E-state index is 12.8. The minimum atomic E-state index is -4.42. The largest absolute Gasteiger partial charge is 0.493 e. The number of hydrogen-bond donors (Lipinski definition) is 2. The topological polar surface area (TPSA) is 84.7 Å². The van der Waals surface area contributed by atoms with Crippen molar-refractivity contribution in [3.8, 4) is 23.1 Å². The Kier molecular flexibility index (Phi) is 4.52. The molecule has 2 aromatic carbocycles. The first-order valence-electron chi connectivity index (χ1n) is 8.77. The summed E-state index contributed by atoms with van der Waals surface area (Å²) in [5, 5.41) is 9.87. The molecule has 1 aliphatic rings. The standard InChI is InChI=1S/C20H16F3NO5/c1-10-8-11(20(21,22)23)2-5-15(10)28-12-3-4-13-14(6-7-27-16(13)9-12)17-18(25)24-19(26)29-17/h2-5,8-9,14,25H,6-7H2,1H3,(H,24,26)/t14-/m1/s1. The molecule has 3 aromatic rings. The fraction of sp³-hybridized carbons (Fsp3) is 0.250. The fourth-order valence-electron chi connectivity index (χ4n) is 3.34. The Labute approximate surface area is 162 Å². The summed E-state index contributed by atoms with van der Waals surface area (Å²) in [6.07, 6.45) is -3.92. The molecule has 1 aliphatic heterocycles. The van der Waals surface area contributed by atoms with Gasteiger partial charge >= 0.3 is 11.9 Å². The number of benzene rings is 2. The number of H-pyrrole nitrogens is 1. The van der Waals surface area contributed by atoms with Crippen LogP contribution in [0.5, 0.6) is 23.1 Å². The molecule has 0 saturated carbocycles. The summed E-state index contributed by atoms with van der Waals surface area (Å²) in [6.45, 7) is 1.86. The monoisotopic (exact) mass is 407 g/mol. The highest BCUT2D eigenvalue weighted by Crippen LogP contribution is 2.42. The van der Waals surface area contributed by atoms with Crippen LogP contribution in [0.15, 0.2) is 45.6 Å². The highest BCUT2D eigenvalue weighted by Gasteiger charge is 2.31. The van der Waals surface area contributed by atoms with Gasteiger partial charge in [-0.15, -0.1) is 0 Å². The summed E-state index contributed by atoms with van der Waals surface area (Å²) in [6, 6.07) is 8.22. The second kappa shape index (κ2) is 6.91. The van der Waals surface area contributed by atoms with E-state index >= 15 is 0 Å². The van der Waals surface area contributed by atoms with Gasteiger partial charge in [0.1, 0.15) is 17.2 Å². The molecule has 0 spiro atoms. The molecule has 0 saturated heterocycles. The number of aromatic amines is 1. The molecule has 152 valence electrons. The third-order valence-corrected chi connectivity index (χ3v) is 4.73. The molecule has 6 nitrogen and oxygen atoms in total. The van der Waals surface area contributed by atoms with Crippen LogP contribution in [0.3, 0.4) is 0 Å². The van der Waals surface area contributed by atoms with Crippen molar-refractivity contribution in [2.24, 2.45) is 0 Å². The molecule has 1 aromatic heterocycles. The second-order valence-corrected chi connectivity index (χ2v) is 6.70. The van der Waals surface area contributed by atoms with E-state index in [9.17, 15) is 23.1 Å². The Morgan fingerprint density at radius 1 is 1.21 bits per heavy atom. The summed E-state index contributed by atoms with van der Waals surface area (Å²) >= 11 is 0. The first-order chi connectivity index (χ1) is 13.7. The summed E-state index contributed by atoms with van der Waals surface area (Å²) in [5.74, 6) is -0.165. The molecule has 0 radical (unpaired) electrons. The van der Waals surface area contributed by atoms with Crippen molar-refractivity contribution in [1.82, 2.24) is 4.98 Å². The van der Waals surface area contributed by atoms with Gasteiger partial charge in [-0.2, -0.15) is 13.2 Å². The lowest BCUT2D eigenvalue weighted by Gasteiger charge is -2.25. The van der Waals surface area contributed by atoms with E-state index in [1.165, 1.54) is 13.0 Å². The van der Waals surface area contributed by atoms with Crippen molar-refractivity contribution >= 4 is 0 Å². The summed E-state index contributed by atoms with van der Waals surface area (Å²) in [5.41, 5.74) is 0.299. The molecule has 2 heterocycles. The number of ether oxygens (including phenoxy) is 2. The molecule has 1 atom stereocenters. The van der Waals surface area contributed by atoms with Crippen molar-refractivity contribution < 1.29 is 32.2 Å². The molecule has 0 aliphatic carbocycles. The number of oxazole rings is 1. The van der Waals surface area contributed by atoms with E-state index in [0.717, 1.165) is 12.1 Å². The normalized spacial score (nSPS) is 16.2. The minimum Gasteiger partial charge on any atom is -0.493 e. The molecule has 4 rings (SSSR count). The van der Waals surface area contributed by atoms with E-state index in [1.807, 2.05) is 0 Å². The number of alkyl halides is 3. The van der Waals surface area contributed by atoms with Gasteiger partial charge in [0.25, 0.3) is 0 Å². The summed E-state index contributed by atoms with van der Waals surface area (Å²) in [7, 11) is 0. The van der Waals surface area contributed by atoms with Gasteiger partial charge in [0.05, 0.1) is 18.1 Å². The first-order valence-corrected chi connectivity index (χ1v) is 8.77. The molecular formula is C20H16F3NO5. The predicted octanol–water partition coefficient (Wildman–Crippen LogP) is 4.71. The van der Waals surface area contributed by atoms with E-state index in [-0.39, 0.29) is 17.6 Å². The highest BCUT2D eigenvalue weighted by atomic mass is 19.4. The number of halogens is 3. The number of fused-ring (bicyclic) bond motifs is 1. The molecule has 29 heavy (non-hydrogen) atoms. The molecule has 2 N–H and O–H groups in total. The first kappa shape index (κ1) is 19.0. The van der Waals surface area contributed by atoms with E-state index < -0.39 is 17.5 Å². The fourth-order valence-corrected chi connectivity index (χ4v) is 3.34.